The molecule has 0 aromatic heterocycles. The molecule has 1 amide bonds. The van der Waals surface area contributed by atoms with Gasteiger partial charge in [-0.3, -0.25) is 4.79 Å². The summed E-state index contributed by atoms with van der Waals surface area (Å²) >= 11 is 0. The van der Waals surface area contributed by atoms with E-state index in [9.17, 15) is 13.2 Å². The third-order valence-electron chi connectivity index (χ3n) is 3.95. The molecule has 3 N–H and O–H groups in total. The lowest BCUT2D eigenvalue weighted by Crippen LogP contribution is -2.26. The van der Waals surface area contributed by atoms with Gasteiger partial charge in [0.2, 0.25) is 10.0 Å². The quantitative estimate of drug-likeness (QED) is 0.871. The van der Waals surface area contributed by atoms with Crippen LogP contribution >= 0.6 is 0 Å². The van der Waals surface area contributed by atoms with Gasteiger partial charge in [0.25, 0.3) is 5.91 Å². The largest absolute Gasteiger partial charge is 0.352 e. The van der Waals surface area contributed by atoms with Gasteiger partial charge in [0.1, 0.15) is 0 Å². The standard InChI is InChI=1S/C15H22N2O3S/c1-11-8-13(10-14(9-11)21(16,19)20)15(18)17-7-6-12-4-2-3-5-12/h8-10,12H,2-7H2,1H3,(H,17,18)(H2,16,19,20). The number of rotatable bonds is 5. The summed E-state index contributed by atoms with van der Waals surface area (Å²) in [5.74, 6) is 0.462. The summed E-state index contributed by atoms with van der Waals surface area (Å²) in [6, 6.07) is 4.46. The van der Waals surface area contributed by atoms with Crippen molar-refractivity contribution in [2.75, 3.05) is 6.54 Å². The van der Waals surface area contributed by atoms with Crippen LogP contribution in [0.1, 0.15) is 48.0 Å². The number of primary sulfonamides is 1. The number of nitrogens with two attached hydrogens (primary N) is 1. The number of hydrogen-bond acceptors (Lipinski definition) is 3. The van der Waals surface area contributed by atoms with E-state index in [1.807, 2.05) is 0 Å². The summed E-state index contributed by atoms with van der Waals surface area (Å²) in [6.45, 7) is 2.37. The van der Waals surface area contributed by atoms with E-state index in [4.69, 9.17) is 5.14 Å². The number of sulfonamides is 1. The Morgan fingerprint density at radius 3 is 2.57 bits per heavy atom. The first kappa shape index (κ1) is 16.0. The Hall–Kier alpha value is -1.40. The van der Waals surface area contributed by atoms with E-state index in [2.05, 4.69) is 5.32 Å². The molecule has 0 heterocycles. The first-order chi connectivity index (χ1) is 9.86. The molecular formula is C15H22N2O3S. The van der Waals surface area contributed by atoms with Crippen molar-refractivity contribution < 1.29 is 13.2 Å². The summed E-state index contributed by atoms with van der Waals surface area (Å²) < 4.78 is 22.8. The number of benzene rings is 1. The minimum Gasteiger partial charge on any atom is -0.352 e. The van der Waals surface area contributed by atoms with Gasteiger partial charge in [-0.15, -0.1) is 0 Å². The molecule has 21 heavy (non-hydrogen) atoms. The van der Waals surface area contributed by atoms with Crippen molar-refractivity contribution in [2.45, 2.75) is 43.9 Å². The van der Waals surface area contributed by atoms with Gasteiger partial charge in [-0.1, -0.05) is 25.7 Å². The zero-order valence-electron chi connectivity index (χ0n) is 12.3. The molecule has 0 saturated heterocycles. The van der Waals surface area contributed by atoms with Crippen molar-refractivity contribution in [1.82, 2.24) is 5.32 Å². The second kappa shape index (κ2) is 6.58. The average molecular weight is 310 g/mol. The van der Waals surface area contributed by atoms with Gasteiger partial charge in [0.15, 0.2) is 0 Å². The monoisotopic (exact) mass is 310 g/mol. The van der Waals surface area contributed by atoms with Crippen LogP contribution in [0.2, 0.25) is 0 Å². The Balaban J connectivity index is 2.00. The molecule has 1 aromatic rings. The fraction of sp³-hybridized carbons (Fsp3) is 0.533. The Morgan fingerprint density at radius 1 is 1.29 bits per heavy atom. The van der Waals surface area contributed by atoms with Crippen LogP contribution in [0.4, 0.5) is 0 Å². The van der Waals surface area contributed by atoms with Gasteiger partial charge < -0.3 is 5.32 Å². The zero-order valence-corrected chi connectivity index (χ0v) is 13.1. The highest BCUT2D eigenvalue weighted by Crippen LogP contribution is 2.26. The normalized spacial score (nSPS) is 16.1. The topological polar surface area (TPSA) is 89.3 Å². The minimum atomic E-state index is -3.79. The Kier molecular flexibility index (Phi) is 5.00. The molecule has 5 nitrogen and oxygen atoms in total. The summed E-state index contributed by atoms with van der Waals surface area (Å²) in [5, 5.41) is 7.98. The van der Waals surface area contributed by atoms with Crippen molar-refractivity contribution in [3.8, 4) is 0 Å². The number of aryl methyl sites for hydroxylation is 1. The maximum Gasteiger partial charge on any atom is 0.251 e. The van der Waals surface area contributed by atoms with Gasteiger partial charge in [-0.2, -0.15) is 0 Å². The number of hydrogen-bond donors (Lipinski definition) is 2. The summed E-state index contributed by atoms with van der Waals surface area (Å²) in [5.41, 5.74) is 1.04. The maximum atomic E-state index is 12.1. The van der Waals surface area contributed by atoms with E-state index >= 15 is 0 Å². The average Bonchev–Trinajstić information content (AvgIpc) is 2.90. The molecule has 1 aliphatic carbocycles. The van der Waals surface area contributed by atoms with Crippen LogP contribution < -0.4 is 10.5 Å². The molecule has 116 valence electrons. The Morgan fingerprint density at radius 2 is 1.95 bits per heavy atom. The number of amides is 1. The van der Waals surface area contributed by atoms with E-state index in [0.717, 1.165) is 6.42 Å². The highest BCUT2D eigenvalue weighted by atomic mass is 32.2. The van der Waals surface area contributed by atoms with Crippen LogP contribution in [0.25, 0.3) is 0 Å². The lowest BCUT2D eigenvalue weighted by Gasteiger charge is -2.11. The van der Waals surface area contributed by atoms with E-state index in [-0.39, 0.29) is 10.8 Å². The smallest absolute Gasteiger partial charge is 0.251 e. The Bertz CT molecular complexity index is 620. The molecule has 0 radical (unpaired) electrons. The van der Waals surface area contributed by atoms with Crippen LogP contribution in [-0.4, -0.2) is 20.9 Å². The minimum absolute atomic E-state index is 0.0246. The zero-order chi connectivity index (χ0) is 15.5. The molecule has 0 aliphatic heterocycles. The predicted octanol–water partition coefficient (Wildman–Crippen LogP) is 1.95. The molecule has 2 rings (SSSR count). The van der Waals surface area contributed by atoms with E-state index in [1.165, 1.54) is 37.8 Å². The van der Waals surface area contributed by atoms with Gasteiger partial charge in [0.05, 0.1) is 4.90 Å². The third-order valence-corrected chi connectivity index (χ3v) is 4.85. The van der Waals surface area contributed by atoms with Crippen molar-refractivity contribution in [3.63, 3.8) is 0 Å². The predicted molar refractivity (Wildman–Crippen MR) is 81.5 cm³/mol. The van der Waals surface area contributed by atoms with Crippen LogP contribution in [0.3, 0.4) is 0 Å². The molecule has 0 atom stereocenters. The third kappa shape index (κ3) is 4.54. The molecule has 1 aliphatic rings. The van der Waals surface area contributed by atoms with E-state index in [1.54, 1.807) is 13.0 Å². The fourth-order valence-corrected chi connectivity index (χ4v) is 3.48. The maximum absolute atomic E-state index is 12.1. The van der Waals surface area contributed by atoms with Crippen LogP contribution in [0.15, 0.2) is 23.1 Å². The molecule has 0 unspecified atom stereocenters. The second-order valence-corrected chi connectivity index (χ2v) is 7.34. The lowest BCUT2D eigenvalue weighted by molar-refractivity contribution is 0.0951. The SMILES string of the molecule is Cc1cc(C(=O)NCCC2CCCC2)cc(S(N)(=O)=O)c1. The second-order valence-electron chi connectivity index (χ2n) is 5.77. The highest BCUT2D eigenvalue weighted by Gasteiger charge is 2.16. The van der Waals surface area contributed by atoms with Crippen LogP contribution in [-0.2, 0) is 10.0 Å². The van der Waals surface area contributed by atoms with Gasteiger partial charge >= 0.3 is 0 Å². The van der Waals surface area contributed by atoms with Gasteiger partial charge in [0, 0.05) is 12.1 Å². The van der Waals surface area contributed by atoms with Crippen molar-refractivity contribution in [1.29, 1.82) is 0 Å². The molecular weight excluding hydrogens is 288 g/mol. The first-order valence-corrected chi connectivity index (χ1v) is 8.83. The van der Waals surface area contributed by atoms with Crippen LogP contribution in [0, 0.1) is 12.8 Å². The number of carbonyl (C=O) groups excluding carboxylic acids is 1. The van der Waals surface area contributed by atoms with E-state index < -0.39 is 10.0 Å². The summed E-state index contributed by atoms with van der Waals surface area (Å²) in [7, 11) is -3.79. The molecule has 0 spiro atoms. The molecule has 1 fully saturated rings. The van der Waals surface area contributed by atoms with Crippen molar-refractivity contribution in [3.05, 3.63) is 29.3 Å². The molecule has 0 bridgehead atoms. The van der Waals surface area contributed by atoms with Crippen LogP contribution in [0.5, 0.6) is 0 Å². The first-order valence-electron chi connectivity index (χ1n) is 7.29. The van der Waals surface area contributed by atoms with Gasteiger partial charge in [-0.25, -0.2) is 13.6 Å². The molecule has 6 heteroatoms. The fourth-order valence-electron chi connectivity index (χ4n) is 2.83. The molecule has 1 saturated carbocycles. The van der Waals surface area contributed by atoms with E-state index in [0.29, 0.717) is 23.6 Å². The summed E-state index contributed by atoms with van der Waals surface area (Å²) in [6.07, 6.45) is 6.05. The number of nitrogens with one attached hydrogen (secondary N) is 1. The summed E-state index contributed by atoms with van der Waals surface area (Å²) in [4.78, 5) is 12.1. The Labute approximate surface area is 126 Å². The van der Waals surface area contributed by atoms with Gasteiger partial charge in [-0.05, 0) is 43.0 Å². The van der Waals surface area contributed by atoms with Crippen molar-refractivity contribution in [2.24, 2.45) is 11.1 Å². The lowest BCUT2D eigenvalue weighted by atomic mass is 10.0. The van der Waals surface area contributed by atoms with Crippen molar-refractivity contribution >= 4 is 15.9 Å². The number of carbonyl (C=O) groups is 1. The molecule has 1 aromatic carbocycles. The highest BCUT2D eigenvalue weighted by molar-refractivity contribution is 7.89.